The summed E-state index contributed by atoms with van der Waals surface area (Å²) in [7, 11) is 0. The molecule has 0 spiro atoms. The Morgan fingerprint density at radius 3 is 3.00 bits per heavy atom. The van der Waals surface area contributed by atoms with Crippen molar-refractivity contribution in [3.05, 3.63) is 50.4 Å². The molecule has 0 saturated heterocycles. The second-order valence-corrected chi connectivity index (χ2v) is 8.78. The lowest BCUT2D eigenvalue weighted by molar-refractivity contribution is 0.254. The van der Waals surface area contributed by atoms with Crippen LogP contribution < -0.4 is 15.0 Å². The fourth-order valence-electron chi connectivity index (χ4n) is 4.21. The summed E-state index contributed by atoms with van der Waals surface area (Å²) < 4.78 is 13.7. The van der Waals surface area contributed by atoms with Crippen LogP contribution in [0.5, 0.6) is 11.5 Å². The van der Waals surface area contributed by atoms with Crippen molar-refractivity contribution in [2.75, 3.05) is 6.61 Å². The molecule has 0 unspecified atom stereocenters. The average molecular weight is 409 g/mol. The molecule has 6 heteroatoms. The molecule has 0 N–H and O–H groups in total. The van der Waals surface area contributed by atoms with Gasteiger partial charge in [-0.25, -0.2) is 4.98 Å². The minimum Gasteiger partial charge on any atom is -0.493 e. The lowest BCUT2D eigenvalue weighted by Crippen LogP contribution is -2.19. The van der Waals surface area contributed by atoms with Gasteiger partial charge in [0.15, 0.2) is 0 Å². The van der Waals surface area contributed by atoms with E-state index in [-0.39, 0.29) is 11.7 Å². The van der Waals surface area contributed by atoms with E-state index in [0.717, 1.165) is 57.9 Å². The topological polar surface area (TPSA) is 53.4 Å². The smallest absolute Gasteiger partial charge is 0.262 e. The molecule has 2 aromatic heterocycles. The van der Waals surface area contributed by atoms with Crippen molar-refractivity contribution >= 4 is 33.2 Å². The Bertz CT molecular complexity index is 1210. The van der Waals surface area contributed by atoms with Gasteiger partial charge in [0.2, 0.25) is 0 Å². The molecule has 0 fully saturated rings. The summed E-state index contributed by atoms with van der Waals surface area (Å²) in [6.07, 6.45) is 4.92. The number of thiophene rings is 1. The standard InChI is InChI=1S/C23H24N2O3S/c1-4-17-12-18-22(29-17)24-21-14(6-7-25(21)23(18)26)9-16-11-20-15(8-13(3)28-20)10-19(16)27-5-2/h9-13H,4-8H2,1-3H3/b14-9+/t13-/m0/s1. The molecule has 0 radical (unpaired) electrons. The normalized spacial score (nSPS) is 18.9. The van der Waals surface area contributed by atoms with Crippen molar-refractivity contribution in [3.63, 3.8) is 0 Å². The van der Waals surface area contributed by atoms with E-state index in [2.05, 4.69) is 32.1 Å². The summed E-state index contributed by atoms with van der Waals surface area (Å²) in [6.45, 7) is 7.46. The van der Waals surface area contributed by atoms with E-state index in [1.807, 2.05) is 17.6 Å². The molecular formula is C23H24N2O3S. The molecule has 0 bridgehead atoms. The van der Waals surface area contributed by atoms with Crippen LogP contribution in [-0.4, -0.2) is 22.3 Å². The van der Waals surface area contributed by atoms with Gasteiger partial charge in [-0.1, -0.05) is 6.92 Å². The molecule has 1 atom stereocenters. The number of nitrogens with zero attached hydrogens (tertiary/aromatic N) is 2. The Kier molecular flexibility index (Phi) is 4.46. The second-order valence-electron chi connectivity index (χ2n) is 7.66. The highest BCUT2D eigenvalue weighted by molar-refractivity contribution is 7.18. The van der Waals surface area contributed by atoms with Crippen molar-refractivity contribution in [1.29, 1.82) is 0 Å². The first-order chi connectivity index (χ1) is 14.1. The van der Waals surface area contributed by atoms with Crippen LogP contribution >= 0.6 is 11.3 Å². The number of rotatable bonds is 4. The molecule has 0 saturated carbocycles. The van der Waals surface area contributed by atoms with Gasteiger partial charge in [-0.05, 0) is 56.5 Å². The second kappa shape index (κ2) is 7.02. The predicted octanol–water partition coefficient (Wildman–Crippen LogP) is 4.69. The van der Waals surface area contributed by atoms with Crippen LogP contribution in [0, 0.1) is 0 Å². The highest BCUT2D eigenvalue weighted by atomic mass is 32.1. The maximum atomic E-state index is 13.0. The first-order valence-corrected chi connectivity index (χ1v) is 11.1. The molecule has 2 aliphatic rings. The molecule has 1 aromatic carbocycles. The third kappa shape index (κ3) is 3.06. The van der Waals surface area contributed by atoms with Crippen molar-refractivity contribution in [2.24, 2.45) is 0 Å². The number of hydrogen-bond donors (Lipinski definition) is 0. The van der Waals surface area contributed by atoms with E-state index in [1.165, 1.54) is 10.4 Å². The van der Waals surface area contributed by atoms with Crippen LogP contribution in [0.1, 0.15) is 49.0 Å². The summed E-state index contributed by atoms with van der Waals surface area (Å²) in [5, 5.41) is 0.742. The minimum absolute atomic E-state index is 0.0699. The fourth-order valence-corrected chi connectivity index (χ4v) is 5.17. The third-order valence-electron chi connectivity index (χ3n) is 5.60. The van der Waals surface area contributed by atoms with E-state index in [1.54, 1.807) is 11.3 Å². The van der Waals surface area contributed by atoms with Crippen LogP contribution in [0.3, 0.4) is 0 Å². The van der Waals surface area contributed by atoms with Gasteiger partial charge in [0.25, 0.3) is 5.56 Å². The summed E-state index contributed by atoms with van der Waals surface area (Å²) in [4.78, 5) is 19.9. The van der Waals surface area contributed by atoms with Crippen LogP contribution in [0.15, 0.2) is 23.0 Å². The molecule has 29 heavy (non-hydrogen) atoms. The number of hydrogen-bond acceptors (Lipinski definition) is 5. The first kappa shape index (κ1) is 18.4. The lowest BCUT2D eigenvalue weighted by Gasteiger charge is -2.11. The lowest BCUT2D eigenvalue weighted by atomic mass is 10.0. The molecule has 2 aliphatic heterocycles. The summed E-state index contributed by atoms with van der Waals surface area (Å²) in [6, 6.07) is 6.16. The Hall–Kier alpha value is -2.60. The van der Waals surface area contributed by atoms with Gasteiger partial charge < -0.3 is 9.47 Å². The maximum absolute atomic E-state index is 13.0. The van der Waals surface area contributed by atoms with E-state index in [4.69, 9.17) is 14.5 Å². The number of allylic oxidation sites excluding steroid dienone is 1. The Balaban J connectivity index is 1.63. The molecule has 0 amide bonds. The van der Waals surface area contributed by atoms with Gasteiger partial charge in [-0.15, -0.1) is 11.3 Å². The number of fused-ring (bicyclic) bond motifs is 3. The van der Waals surface area contributed by atoms with Crippen LogP contribution in [0.4, 0.5) is 0 Å². The van der Waals surface area contributed by atoms with Gasteiger partial charge in [-0.2, -0.15) is 0 Å². The van der Waals surface area contributed by atoms with Crippen molar-refractivity contribution < 1.29 is 9.47 Å². The molecule has 0 aliphatic carbocycles. The van der Waals surface area contributed by atoms with Crippen LogP contribution in [0.2, 0.25) is 0 Å². The Morgan fingerprint density at radius 2 is 2.21 bits per heavy atom. The number of aryl methyl sites for hydroxylation is 1. The number of aromatic nitrogens is 2. The van der Waals surface area contributed by atoms with Gasteiger partial charge in [0.05, 0.1) is 12.0 Å². The van der Waals surface area contributed by atoms with Crippen molar-refractivity contribution in [2.45, 2.75) is 52.7 Å². The van der Waals surface area contributed by atoms with Crippen molar-refractivity contribution in [1.82, 2.24) is 9.55 Å². The minimum atomic E-state index is 0.0699. The molecule has 150 valence electrons. The summed E-state index contributed by atoms with van der Waals surface area (Å²) >= 11 is 1.62. The maximum Gasteiger partial charge on any atom is 0.262 e. The van der Waals surface area contributed by atoms with Crippen molar-refractivity contribution in [3.8, 4) is 11.5 Å². The van der Waals surface area contributed by atoms with Gasteiger partial charge >= 0.3 is 0 Å². The summed E-state index contributed by atoms with van der Waals surface area (Å²) in [5.41, 5.74) is 3.32. The van der Waals surface area contributed by atoms with Crippen LogP contribution in [-0.2, 0) is 19.4 Å². The molecular weight excluding hydrogens is 384 g/mol. The summed E-state index contributed by atoms with van der Waals surface area (Å²) in [5.74, 6) is 2.57. The zero-order chi connectivity index (χ0) is 20.1. The third-order valence-corrected chi connectivity index (χ3v) is 6.77. The van der Waals surface area contributed by atoms with Gasteiger partial charge in [0.1, 0.15) is 28.3 Å². The van der Waals surface area contributed by atoms with E-state index in [9.17, 15) is 4.79 Å². The predicted molar refractivity (Wildman–Crippen MR) is 117 cm³/mol. The first-order valence-electron chi connectivity index (χ1n) is 10.3. The highest BCUT2D eigenvalue weighted by Gasteiger charge is 2.25. The zero-order valence-electron chi connectivity index (χ0n) is 16.9. The highest BCUT2D eigenvalue weighted by Crippen LogP contribution is 2.38. The molecule has 5 rings (SSSR count). The van der Waals surface area contributed by atoms with E-state index in [0.29, 0.717) is 13.2 Å². The quantitative estimate of drug-likeness (QED) is 0.629. The average Bonchev–Trinajstić information content (AvgIpc) is 3.39. The number of benzene rings is 1. The Morgan fingerprint density at radius 1 is 1.34 bits per heavy atom. The van der Waals surface area contributed by atoms with Gasteiger partial charge in [0, 0.05) is 29.0 Å². The zero-order valence-corrected chi connectivity index (χ0v) is 17.8. The molecule has 5 nitrogen and oxygen atoms in total. The van der Waals surface area contributed by atoms with E-state index >= 15 is 0 Å². The van der Waals surface area contributed by atoms with E-state index < -0.39 is 0 Å². The SMILES string of the molecule is CCOc1cc2c(cc1/C=C1\CCn3c1nc1sc(CC)cc1c3=O)O[C@@H](C)C2. The molecule has 3 aromatic rings. The monoisotopic (exact) mass is 408 g/mol. The van der Waals surface area contributed by atoms with Gasteiger partial charge in [-0.3, -0.25) is 9.36 Å². The van der Waals surface area contributed by atoms with Crippen LogP contribution in [0.25, 0.3) is 21.9 Å². The molecule has 4 heterocycles. The Labute approximate surface area is 173 Å². The largest absolute Gasteiger partial charge is 0.493 e. The fraction of sp³-hybridized carbons (Fsp3) is 0.391. The number of ether oxygens (including phenoxy) is 2.